The molecule has 0 bridgehead atoms. The van der Waals surface area contributed by atoms with Crippen molar-refractivity contribution in [2.24, 2.45) is 0 Å². The number of hydrogen-bond donors (Lipinski definition) is 3. The normalized spacial score (nSPS) is 13.1. The van der Waals surface area contributed by atoms with Crippen molar-refractivity contribution in [2.75, 3.05) is 13.2 Å². The maximum absolute atomic E-state index is 9.89. The highest BCUT2D eigenvalue weighted by Gasteiger charge is 2.05. The summed E-state index contributed by atoms with van der Waals surface area (Å²) >= 11 is 0. The van der Waals surface area contributed by atoms with Crippen LogP contribution in [0, 0.1) is 0 Å². The third-order valence-electron chi connectivity index (χ3n) is 0.601. The van der Waals surface area contributed by atoms with Gasteiger partial charge in [-0.15, -0.1) is 0 Å². The Morgan fingerprint density at radius 1 is 1.08 bits per heavy atom. The smallest absolute Gasteiger partial charge is 0.264 e. The van der Waals surface area contributed by atoms with E-state index in [0.29, 0.717) is 0 Å². The lowest BCUT2D eigenvalue weighted by atomic mass is 10.7. The molecule has 0 saturated carbocycles. The van der Waals surface area contributed by atoms with Gasteiger partial charge in [0.2, 0.25) is 0 Å². The predicted octanol–water partition coefficient (Wildman–Crippen LogP) is -1.87. The third kappa shape index (κ3) is 11.7. The van der Waals surface area contributed by atoms with Gasteiger partial charge < -0.3 is 0 Å². The first-order valence-corrected chi connectivity index (χ1v) is 5.44. The molecule has 80 valence electrons. The van der Waals surface area contributed by atoms with E-state index in [9.17, 15) is 16.8 Å². The fourth-order valence-corrected chi connectivity index (χ4v) is 0.831. The highest BCUT2D eigenvalue weighted by molar-refractivity contribution is 7.81. The Balaban J connectivity index is 3.50. The monoisotopic (exact) mass is 237 g/mol. The van der Waals surface area contributed by atoms with Crippen molar-refractivity contribution in [1.82, 2.24) is 5.48 Å². The van der Waals surface area contributed by atoms with E-state index < -0.39 is 27.4 Å². The van der Waals surface area contributed by atoms with Gasteiger partial charge in [0.15, 0.2) is 0 Å². The van der Waals surface area contributed by atoms with Crippen LogP contribution in [0.4, 0.5) is 0 Å². The molecule has 0 aliphatic heterocycles. The van der Waals surface area contributed by atoms with Gasteiger partial charge >= 0.3 is 20.8 Å². The van der Waals surface area contributed by atoms with Crippen LogP contribution in [0.3, 0.4) is 0 Å². The van der Waals surface area contributed by atoms with Crippen LogP contribution >= 0.6 is 0 Å². The van der Waals surface area contributed by atoms with E-state index in [1.54, 1.807) is 5.48 Å². The van der Waals surface area contributed by atoms with Gasteiger partial charge in [0.1, 0.15) is 0 Å². The van der Waals surface area contributed by atoms with Crippen molar-refractivity contribution in [1.29, 1.82) is 0 Å². The van der Waals surface area contributed by atoms with Crippen LogP contribution in [0.5, 0.6) is 0 Å². The van der Waals surface area contributed by atoms with Gasteiger partial charge in [-0.25, -0.2) is 4.18 Å². The van der Waals surface area contributed by atoms with Gasteiger partial charge in [0.25, 0.3) is 0 Å². The van der Waals surface area contributed by atoms with E-state index in [1.807, 2.05) is 0 Å². The molecule has 0 aliphatic carbocycles. The van der Waals surface area contributed by atoms with Crippen molar-refractivity contribution in [3.63, 3.8) is 0 Å². The summed E-state index contributed by atoms with van der Waals surface area (Å²) < 4.78 is 62.7. The van der Waals surface area contributed by atoms with Gasteiger partial charge in [-0.1, -0.05) is 0 Å². The van der Waals surface area contributed by atoms with Crippen molar-refractivity contribution < 1.29 is 34.4 Å². The summed E-state index contributed by atoms with van der Waals surface area (Å²) in [6.45, 7) is -0.909. The molecular weight excluding hydrogens is 230 g/mol. The summed E-state index contributed by atoms with van der Waals surface area (Å²) in [7, 11) is -9.17. The van der Waals surface area contributed by atoms with E-state index in [1.165, 1.54) is 0 Å². The number of hydroxylamine groups is 1. The summed E-state index contributed by atoms with van der Waals surface area (Å²) in [6.07, 6.45) is 0. The Bertz CT molecular complexity index is 293. The average Bonchev–Trinajstić information content (AvgIpc) is 1.81. The molecule has 0 aromatic rings. The molecular formula is C2H7NO8S2. The molecule has 0 rings (SSSR count). The van der Waals surface area contributed by atoms with Gasteiger partial charge in [-0.05, 0) is 0 Å². The SMILES string of the molecule is O=S(=O)(O)OCCNOS(=O)(=O)O. The molecule has 0 aromatic carbocycles. The second-order valence-corrected chi connectivity index (χ2v) is 3.77. The van der Waals surface area contributed by atoms with Crippen LogP contribution in [0.1, 0.15) is 0 Å². The van der Waals surface area contributed by atoms with Crippen LogP contribution in [0.15, 0.2) is 0 Å². The van der Waals surface area contributed by atoms with E-state index >= 15 is 0 Å². The molecule has 0 radical (unpaired) electrons. The molecule has 0 amide bonds. The largest absolute Gasteiger partial charge is 0.413 e. The zero-order chi connectivity index (χ0) is 10.5. The maximum Gasteiger partial charge on any atom is 0.413 e. The standard InChI is InChI=1S/C2H7NO8S2/c4-12(5,6)10-2-1-3-11-13(7,8)9/h3H,1-2H2,(H,4,5,6)(H,7,8,9). The zero-order valence-electron chi connectivity index (χ0n) is 6.07. The summed E-state index contributed by atoms with van der Waals surface area (Å²) in [4.78, 5) is 0. The fraction of sp³-hybridized carbons (Fsp3) is 1.00. The molecule has 0 aliphatic rings. The molecule has 0 spiro atoms. The van der Waals surface area contributed by atoms with E-state index in [4.69, 9.17) is 9.11 Å². The Labute approximate surface area is 74.5 Å². The second kappa shape index (κ2) is 4.80. The van der Waals surface area contributed by atoms with E-state index in [-0.39, 0.29) is 6.54 Å². The molecule has 0 unspecified atom stereocenters. The van der Waals surface area contributed by atoms with Crippen molar-refractivity contribution in [3.8, 4) is 0 Å². The van der Waals surface area contributed by atoms with Gasteiger partial charge in [0.05, 0.1) is 6.61 Å². The average molecular weight is 237 g/mol. The lowest BCUT2D eigenvalue weighted by Gasteiger charge is -2.00. The molecule has 0 heterocycles. The van der Waals surface area contributed by atoms with Crippen molar-refractivity contribution in [3.05, 3.63) is 0 Å². The van der Waals surface area contributed by atoms with Crippen LogP contribution < -0.4 is 5.48 Å². The van der Waals surface area contributed by atoms with Crippen molar-refractivity contribution >= 4 is 20.8 Å². The van der Waals surface area contributed by atoms with Gasteiger partial charge in [0, 0.05) is 6.54 Å². The Kier molecular flexibility index (Phi) is 4.69. The predicted molar refractivity (Wildman–Crippen MR) is 38.1 cm³/mol. The lowest BCUT2D eigenvalue weighted by molar-refractivity contribution is 0.153. The van der Waals surface area contributed by atoms with Crippen LogP contribution in [0.25, 0.3) is 0 Å². The van der Waals surface area contributed by atoms with Gasteiger partial charge in [-0.3, -0.25) is 9.11 Å². The maximum atomic E-state index is 9.89. The van der Waals surface area contributed by atoms with Gasteiger partial charge in [-0.2, -0.15) is 26.6 Å². The Hall–Kier alpha value is -0.300. The third-order valence-corrected chi connectivity index (χ3v) is 1.39. The molecule has 9 nitrogen and oxygen atoms in total. The first-order chi connectivity index (χ1) is 5.71. The molecule has 11 heteroatoms. The molecule has 0 saturated heterocycles. The fourth-order valence-electron chi connectivity index (χ4n) is 0.305. The lowest BCUT2D eigenvalue weighted by Crippen LogP contribution is -2.24. The molecule has 0 fully saturated rings. The minimum absolute atomic E-state index is 0.362. The summed E-state index contributed by atoms with van der Waals surface area (Å²) in [5.41, 5.74) is 1.66. The zero-order valence-corrected chi connectivity index (χ0v) is 7.71. The summed E-state index contributed by atoms with van der Waals surface area (Å²) in [5.74, 6) is 0. The van der Waals surface area contributed by atoms with E-state index in [2.05, 4.69) is 8.47 Å². The Morgan fingerprint density at radius 3 is 2.00 bits per heavy atom. The molecule has 13 heavy (non-hydrogen) atoms. The first kappa shape index (κ1) is 12.7. The van der Waals surface area contributed by atoms with Crippen molar-refractivity contribution in [2.45, 2.75) is 0 Å². The number of nitrogens with one attached hydrogen (secondary N) is 1. The number of hydrogen-bond acceptors (Lipinski definition) is 7. The topological polar surface area (TPSA) is 139 Å². The van der Waals surface area contributed by atoms with Crippen LogP contribution in [-0.2, 0) is 29.3 Å². The second-order valence-electron chi connectivity index (χ2n) is 1.66. The first-order valence-electron chi connectivity index (χ1n) is 2.71. The highest BCUT2D eigenvalue weighted by Crippen LogP contribution is 1.84. The van der Waals surface area contributed by atoms with Crippen LogP contribution in [-0.4, -0.2) is 39.1 Å². The Morgan fingerprint density at radius 2 is 1.62 bits per heavy atom. The molecule has 0 aromatic heterocycles. The minimum atomic E-state index is -4.62. The van der Waals surface area contributed by atoms with Crippen LogP contribution in [0.2, 0.25) is 0 Å². The summed E-state index contributed by atoms with van der Waals surface area (Å²) in [5, 5.41) is 0. The highest BCUT2D eigenvalue weighted by atomic mass is 32.3. The quantitative estimate of drug-likeness (QED) is 0.275. The van der Waals surface area contributed by atoms with E-state index in [0.717, 1.165) is 0 Å². The molecule has 0 atom stereocenters. The minimum Gasteiger partial charge on any atom is -0.264 e. The molecule has 3 N–H and O–H groups in total. The number of rotatable bonds is 6. The summed E-state index contributed by atoms with van der Waals surface area (Å²) in [6, 6.07) is 0.